The van der Waals surface area contributed by atoms with E-state index in [1.54, 1.807) is 7.11 Å². The highest BCUT2D eigenvalue weighted by Gasteiger charge is 2.03. The number of halogens is 2. The normalized spacial score (nSPS) is 10.2. The lowest BCUT2D eigenvalue weighted by molar-refractivity contribution is 0.410. The summed E-state index contributed by atoms with van der Waals surface area (Å²) in [7, 11) is 1.66. The van der Waals surface area contributed by atoms with Crippen molar-refractivity contribution in [1.29, 1.82) is 0 Å². The van der Waals surface area contributed by atoms with Gasteiger partial charge < -0.3 is 10.1 Å². The second-order valence-electron chi connectivity index (χ2n) is 3.82. The van der Waals surface area contributed by atoms with Crippen LogP contribution in [-0.4, -0.2) is 7.11 Å². The van der Waals surface area contributed by atoms with E-state index in [9.17, 15) is 0 Å². The minimum Gasteiger partial charge on any atom is -0.496 e. The van der Waals surface area contributed by atoms with Crippen LogP contribution in [0.25, 0.3) is 0 Å². The van der Waals surface area contributed by atoms with Gasteiger partial charge in [0.05, 0.1) is 7.11 Å². The summed E-state index contributed by atoms with van der Waals surface area (Å²) in [5.74, 6) is 0.845. The Morgan fingerprint density at radius 1 is 1.17 bits per heavy atom. The second-order valence-corrected chi connectivity index (χ2v) is 5.50. The quantitative estimate of drug-likeness (QED) is 0.793. The first-order valence-electron chi connectivity index (χ1n) is 5.51. The summed E-state index contributed by atoms with van der Waals surface area (Å²) in [5.41, 5.74) is 2.13. The van der Waals surface area contributed by atoms with Crippen LogP contribution in [-0.2, 0) is 6.54 Å². The van der Waals surface area contributed by atoms with Crippen molar-refractivity contribution in [3.8, 4) is 5.75 Å². The molecule has 2 aromatic rings. The maximum Gasteiger partial charge on any atom is 0.123 e. The number of anilines is 1. The lowest BCUT2D eigenvalue weighted by Gasteiger charge is -2.11. The van der Waals surface area contributed by atoms with Gasteiger partial charge in [-0.3, -0.25) is 0 Å². The highest BCUT2D eigenvalue weighted by Crippen LogP contribution is 2.23. The Labute approximate surface area is 125 Å². The third-order valence-electron chi connectivity index (χ3n) is 2.57. The van der Waals surface area contributed by atoms with Gasteiger partial charge in [0, 0.05) is 26.4 Å². The van der Waals surface area contributed by atoms with Crippen molar-refractivity contribution in [2.45, 2.75) is 6.54 Å². The van der Waals surface area contributed by atoms with Gasteiger partial charge in [-0.25, -0.2) is 0 Å². The summed E-state index contributed by atoms with van der Waals surface area (Å²) >= 11 is 8.28. The van der Waals surface area contributed by atoms with E-state index in [2.05, 4.69) is 52.2 Å². The molecule has 0 amide bonds. The average Bonchev–Trinajstić information content (AvgIpc) is 2.38. The van der Waals surface area contributed by atoms with Crippen LogP contribution >= 0.6 is 34.2 Å². The van der Waals surface area contributed by atoms with Gasteiger partial charge in [0.15, 0.2) is 0 Å². The third-order valence-corrected chi connectivity index (χ3v) is 3.52. The Hall–Kier alpha value is -0.940. The fraction of sp³-hybridized carbons (Fsp3) is 0.143. The van der Waals surface area contributed by atoms with Crippen molar-refractivity contribution >= 4 is 39.9 Å². The van der Waals surface area contributed by atoms with Crippen LogP contribution in [0.15, 0.2) is 42.5 Å². The fourth-order valence-electron chi connectivity index (χ4n) is 1.65. The predicted octanol–water partition coefficient (Wildman–Crippen LogP) is 4.57. The van der Waals surface area contributed by atoms with Gasteiger partial charge in [-0.15, -0.1) is 0 Å². The molecule has 2 aromatic carbocycles. The Bertz CT molecular complexity index is 528. The Balaban J connectivity index is 2.09. The molecule has 2 nitrogen and oxygen atoms in total. The number of hydrogen-bond acceptors (Lipinski definition) is 2. The van der Waals surface area contributed by atoms with Crippen LogP contribution in [0.4, 0.5) is 5.69 Å². The van der Waals surface area contributed by atoms with Crippen LogP contribution in [0.2, 0.25) is 5.02 Å². The van der Waals surface area contributed by atoms with E-state index in [1.807, 2.05) is 18.2 Å². The molecule has 4 heteroatoms. The molecule has 0 spiro atoms. The summed E-state index contributed by atoms with van der Waals surface area (Å²) in [6.07, 6.45) is 0. The van der Waals surface area contributed by atoms with Gasteiger partial charge in [-0.1, -0.05) is 11.6 Å². The molecular formula is C14H13ClINO. The monoisotopic (exact) mass is 373 g/mol. The molecule has 0 saturated heterocycles. The lowest BCUT2D eigenvalue weighted by Crippen LogP contribution is -2.01. The molecule has 2 rings (SSSR count). The number of ether oxygens (including phenoxy) is 1. The summed E-state index contributed by atoms with van der Waals surface area (Å²) in [5, 5.41) is 4.07. The number of benzene rings is 2. The maximum atomic E-state index is 5.99. The van der Waals surface area contributed by atoms with Gasteiger partial charge in [-0.05, 0) is 65.1 Å². The molecule has 0 bridgehead atoms. The molecule has 0 saturated carbocycles. The fourth-order valence-corrected chi connectivity index (χ4v) is 2.20. The first-order chi connectivity index (χ1) is 8.69. The van der Waals surface area contributed by atoms with Gasteiger partial charge in [0.25, 0.3) is 0 Å². The van der Waals surface area contributed by atoms with Gasteiger partial charge >= 0.3 is 0 Å². The van der Waals surface area contributed by atoms with E-state index >= 15 is 0 Å². The van der Waals surface area contributed by atoms with Crippen molar-refractivity contribution in [3.63, 3.8) is 0 Å². The topological polar surface area (TPSA) is 21.3 Å². The molecule has 18 heavy (non-hydrogen) atoms. The number of rotatable bonds is 4. The van der Waals surface area contributed by atoms with Crippen LogP contribution in [0, 0.1) is 3.57 Å². The number of nitrogens with one attached hydrogen (secondary N) is 1. The van der Waals surface area contributed by atoms with Crippen LogP contribution in [0.3, 0.4) is 0 Å². The second kappa shape index (κ2) is 6.29. The molecule has 0 fully saturated rings. The first kappa shape index (κ1) is 13.5. The minimum absolute atomic E-state index is 0.685. The first-order valence-corrected chi connectivity index (χ1v) is 6.96. The molecule has 0 aliphatic heterocycles. The van der Waals surface area contributed by atoms with E-state index in [4.69, 9.17) is 16.3 Å². The zero-order valence-electron chi connectivity index (χ0n) is 9.91. The van der Waals surface area contributed by atoms with Crippen molar-refractivity contribution in [2.24, 2.45) is 0 Å². The van der Waals surface area contributed by atoms with Gasteiger partial charge in [0.1, 0.15) is 5.75 Å². The molecule has 1 N–H and O–H groups in total. The van der Waals surface area contributed by atoms with Crippen molar-refractivity contribution in [3.05, 3.63) is 56.6 Å². The zero-order valence-corrected chi connectivity index (χ0v) is 12.8. The van der Waals surface area contributed by atoms with E-state index in [1.165, 1.54) is 3.57 Å². The predicted molar refractivity (Wildman–Crippen MR) is 84.5 cm³/mol. The van der Waals surface area contributed by atoms with Crippen LogP contribution < -0.4 is 10.1 Å². The van der Waals surface area contributed by atoms with E-state index in [-0.39, 0.29) is 0 Å². The van der Waals surface area contributed by atoms with E-state index in [0.29, 0.717) is 6.54 Å². The molecule has 0 atom stereocenters. The number of methoxy groups -OCH3 is 1. The lowest BCUT2D eigenvalue weighted by atomic mass is 10.2. The minimum atomic E-state index is 0.685. The third kappa shape index (κ3) is 3.53. The van der Waals surface area contributed by atoms with Crippen molar-refractivity contribution in [2.75, 3.05) is 12.4 Å². The molecule has 0 aromatic heterocycles. The molecule has 0 heterocycles. The smallest absolute Gasteiger partial charge is 0.123 e. The Morgan fingerprint density at radius 3 is 2.56 bits per heavy atom. The largest absolute Gasteiger partial charge is 0.496 e. The Morgan fingerprint density at radius 2 is 1.89 bits per heavy atom. The summed E-state index contributed by atoms with van der Waals surface area (Å²) in [4.78, 5) is 0. The van der Waals surface area contributed by atoms with Gasteiger partial charge in [-0.2, -0.15) is 0 Å². The molecule has 0 aliphatic rings. The van der Waals surface area contributed by atoms with Crippen LogP contribution in [0.5, 0.6) is 5.75 Å². The highest BCUT2D eigenvalue weighted by molar-refractivity contribution is 14.1. The van der Waals surface area contributed by atoms with E-state index in [0.717, 1.165) is 22.0 Å². The molecule has 0 unspecified atom stereocenters. The number of hydrogen-bond donors (Lipinski definition) is 1. The molecular weight excluding hydrogens is 361 g/mol. The van der Waals surface area contributed by atoms with Crippen molar-refractivity contribution < 1.29 is 4.74 Å². The highest BCUT2D eigenvalue weighted by atomic mass is 127. The maximum absolute atomic E-state index is 5.99. The Kier molecular flexibility index (Phi) is 4.72. The SMILES string of the molecule is COc1ccc(Cl)cc1CNc1ccc(I)cc1. The molecule has 0 aliphatic carbocycles. The van der Waals surface area contributed by atoms with Crippen molar-refractivity contribution in [1.82, 2.24) is 0 Å². The molecule has 0 radical (unpaired) electrons. The van der Waals surface area contributed by atoms with Gasteiger partial charge in [0.2, 0.25) is 0 Å². The zero-order chi connectivity index (χ0) is 13.0. The summed E-state index contributed by atoms with van der Waals surface area (Å²) < 4.78 is 6.53. The van der Waals surface area contributed by atoms with E-state index < -0.39 is 0 Å². The summed E-state index contributed by atoms with van der Waals surface area (Å²) in [6, 6.07) is 13.9. The molecule has 94 valence electrons. The standard InChI is InChI=1S/C14H13ClINO/c1-18-14-7-2-11(15)8-10(14)9-17-13-5-3-12(16)4-6-13/h2-8,17H,9H2,1H3. The van der Waals surface area contributed by atoms with Crippen LogP contribution in [0.1, 0.15) is 5.56 Å². The summed E-state index contributed by atoms with van der Waals surface area (Å²) in [6.45, 7) is 0.685. The average molecular weight is 374 g/mol.